The Kier molecular flexibility index (Phi) is 4.44. The summed E-state index contributed by atoms with van der Waals surface area (Å²) >= 11 is 6.22. The van der Waals surface area contributed by atoms with Crippen LogP contribution in [0.2, 0.25) is 5.15 Å². The molecule has 0 aliphatic carbocycles. The first-order valence-corrected chi connectivity index (χ1v) is 7.61. The van der Waals surface area contributed by atoms with Crippen molar-refractivity contribution in [3.05, 3.63) is 70.4 Å². The smallest absolute Gasteiger partial charge is 0.335 e. The summed E-state index contributed by atoms with van der Waals surface area (Å²) in [6.07, 6.45) is 1.59. The predicted molar refractivity (Wildman–Crippen MR) is 96.1 cm³/mol. The Labute approximate surface area is 143 Å². The van der Waals surface area contributed by atoms with E-state index >= 15 is 0 Å². The van der Waals surface area contributed by atoms with Gasteiger partial charge in [0.1, 0.15) is 5.15 Å². The number of nitrogens with one attached hydrogen (secondary N) is 1. The van der Waals surface area contributed by atoms with Gasteiger partial charge in [0.25, 0.3) is 0 Å². The van der Waals surface area contributed by atoms with Crippen molar-refractivity contribution in [1.82, 2.24) is 4.98 Å². The van der Waals surface area contributed by atoms with Crippen molar-refractivity contribution in [2.75, 3.05) is 5.43 Å². The molecule has 0 spiro atoms. The van der Waals surface area contributed by atoms with Crippen LogP contribution in [-0.2, 0) is 0 Å². The molecule has 2 N–H and O–H groups in total. The number of anilines is 1. The summed E-state index contributed by atoms with van der Waals surface area (Å²) < 4.78 is 0. The Bertz CT molecular complexity index is 937. The Morgan fingerprint density at radius 3 is 2.71 bits per heavy atom. The van der Waals surface area contributed by atoms with E-state index in [0.29, 0.717) is 16.4 Å². The lowest BCUT2D eigenvalue weighted by Crippen LogP contribution is -1.97. The highest BCUT2D eigenvalue weighted by molar-refractivity contribution is 6.32. The van der Waals surface area contributed by atoms with Crippen molar-refractivity contribution in [2.45, 2.75) is 6.92 Å². The number of fused-ring (bicyclic) bond motifs is 1. The Morgan fingerprint density at radius 2 is 2.00 bits per heavy atom. The normalized spacial score (nSPS) is 11.1. The number of aromatic nitrogens is 1. The number of rotatable bonds is 4. The molecule has 0 bridgehead atoms. The molecule has 120 valence electrons. The molecule has 0 fully saturated rings. The number of hydrazone groups is 1. The van der Waals surface area contributed by atoms with Crippen LogP contribution in [0.3, 0.4) is 0 Å². The molecule has 5 nitrogen and oxygen atoms in total. The van der Waals surface area contributed by atoms with E-state index in [4.69, 9.17) is 16.7 Å². The maximum absolute atomic E-state index is 10.8. The summed E-state index contributed by atoms with van der Waals surface area (Å²) in [5.74, 6) is -0.964. The van der Waals surface area contributed by atoms with Gasteiger partial charge < -0.3 is 5.11 Å². The first-order valence-electron chi connectivity index (χ1n) is 7.23. The van der Waals surface area contributed by atoms with Gasteiger partial charge in [-0.25, -0.2) is 9.78 Å². The number of aryl methyl sites for hydroxylation is 1. The molecule has 0 aliphatic rings. The zero-order chi connectivity index (χ0) is 17.1. The highest BCUT2D eigenvalue weighted by Crippen LogP contribution is 2.22. The summed E-state index contributed by atoms with van der Waals surface area (Å²) in [6, 6.07) is 14.2. The van der Waals surface area contributed by atoms with Crippen LogP contribution in [0.5, 0.6) is 0 Å². The second-order valence-corrected chi connectivity index (χ2v) is 5.63. The lowest BCUT2D eigenvalue weighted by atomic mass is 10.1. The largest absolute Gasteiger partial charge is 0.478 e. The summed E-state index contributed by atoms with van der Waals surface area (Å²) in [5.41, 5.74) is 6.37. The van der Waals surface area contributed by atoms with Crippen molar-refractivity contribution in [3.8, 4) is 0 Å². The van der Waals surface area contributed by atoms with Crippen LogP contribution < -0.4 is 5.43 Å². The molecule has 1 heterocycles. The van der Waals surface area contributed by atoms with Crippen molar-refractivity contribution in [2.24, 2.45) is 5.10 Å². The second-order valence-electron chi connectivity index (χ2n) is 5.27. The molecular formula is C18H14ClN3O2. The molecule has 1 aromatic heterocycles. The van der Waals surface area contributed by atoms with E-state index in [9.17, 15) is 4.79 Å². The zero-order valence-electron chi connectivity index (χ0n) is 12.8. The molecular weight excluding hydrogens is 326 g/mol. The summed E-state index contributed by atoms with van der Waals surface area (Å²) in [7, 11) is 0. The van der Waals surface area contributed by atoms with Crippen molar-refractivity contribution < 1.29 is 9.90 Å². The van der Waals surface area contributed by atoms with Crippen LogP contribution in [0.25, 0.3) is 10.9 Å². The van der Waals surface area contributed by atoms with E-state index in [1.165, 1.54) is 12.1 Å². The molecule has 24 heavy (non-hydrogen) atoms. The molecule has 2 aromatic carbocycles. The van der Waals surface area contributed by atoms with Gasteiger partial charge in [0, 0.05) is 10.9 Å². The van der Waals surface area contributed by atoms with E-state index in [1.807, 2.05) is 31.2 Å². The standard InChI is InChI=1S/C18H14ClN3O2/c1-11-3-2-4-13-9-14(17(19)21-16(11)13)10-20-22-15-7-5-12(6-8-15)18(23)24/h2-10,22H,1H3,(H,23,24). The van der Waals surface area contributed by atoms with Crippen molar-refractivity contribution in [1.29, 1.82) is 0 Å². The maximum atomic E-state index is 10.8. The molecule has 0 aliphatic heterocycles. The summed E-state index contributed by atoms with van der Waals surface area (Å²) in [4.78, 5) is 15.2. The molecule has 0 atom stereocenters. The van der Waals surface area contributed by atoms with Crippen molar-refractivity contribution in [3.63, 3.8) is 0 Å². The fourth-order valence-corrected chi connectivity index (χ4v) is 2.48. The van der Waals surface area contributed by atoms with E-state index in [0.717, 1.165) is 16.5 Å². The van der Waals surface area contributed by atoms with Gasteiger partial charge in [-0.15, -0.1) is 0 Å². The number of carboxylic acid groups (broad SMARTS) is 1. The minimum absolute atomic E-state index is 0.224. The van der Waals surface area contributed by atoms with Crippen LogP contribution in [0.4, 0.5) is 5.69 Å². The summed E-state index contributed by atoms with van der Waals surface area (Å²) in [6.45, 7) is 1.99. The van der Waals surface area contributed by atoms with Gasteiger partial charge in [-0.1, -0.05) is 29.8 Å². The Hall–Kier alpha value is -2.92. The maximum Gasteiger partial charge on any atom is 0.335 e. The van der Waals surface area contributed by atoms with Gasteiger partial charge in [0.2, 0.25) is 0 Å². The molecule has 0 amide bonds. The van der Waals surface area contributed by atoms with Crippen molar-refractivity contribution >= 4 is 40.4 Å². The number of nitrogens with zero attached hydrogens (tertiary/aromatic N) is 2. The predicted octanol–water partition coefficient (Wildman–Crippen LogP) is 4.34. The number of para-hydroxylation sites is 1. The number of benzene rings is 2. The number of carbonyl (C=O) groups is 1. The van der Waals surface area contributed by atoms with E-state index < -0.39 is 5.97 Å². The van der Waals surface area contributed by atoms with Gasteiger partial charge in [0.05, 0.1) is 23.0 Å². The number of carboxylic acids is 1. The first kappa shape index (κ1) is 16.0. The molecule has 0 saturated heterocycles. The van der Waals surface area contributed by atoms with Gasteiger partial charge in [-0.05, 0) is 42.8 Å². The summed E-state index contributed by atoms with van der Waals surface area (Å²) in [5, 5.41) is 14.4. The molecule has 0 saturated carbocycles. The highest BCUT2D eigenvalue weighted by Gasteiger charge is 2.05. The number of aromatic carboxylic acids is 1. The first-order chi connectivity index (χ1) is 11.5. The Balaban J connectivity index is 1.80. The fourth-order valence-electron chi connectivity index (χ4n) is 2.29. The number of hydrogen-bond donors (Lipinski definition) is 2. The number of hydrogen-bond acceptors (Lipinski definition) is 4. The van der Waals surface area contributed by atoms with Gasteiger partial charge in [-0.2, -0.15) is 5.10 Å². The Morgan fingerprint density at radius 1 is 1.25 bits per heavy atom. The number of halogens is 1. The van der Waals surface area contributed by atoms with Crippen LogP contribution in [0.15, 0.2) is 53.6 Å². The third-order valence-corrected chi connectivity index (χ3v) is 3.86. The second kappa shape index (κ2) is 6.68. The minimum Gasteiger partial charge on any atom is -0.478 e. The average Bonchev–Trinajstić information content (AvgIpc) is 2.57. The lowest BCUT2D eigenvalue weighted by molar-refractivity contribution is 0.0697. The molecule has 6 heteroatoms. The average molecular weight is 340 g/mol. The van der Waals surface area contributed by atoms with E-state index in [-0.39, 0.29) is 5.56 Å². The molecule has 3 aromatic rings. The van der Waals surface area contributed by atoms with E-state index in [1.54, 1.807) is 18.3 Å². The monoisotopic (exact) mass is 339 g/mol. The van der Waals surface area contributed by atoms with Crippen LogP contribution in [0, 0.1) is 6.92 Å². The molecule has 0 radical (unpaired) electrons. The third-order valence-electron chi connectivity index (χ3n) is 3.56. The van der Waals surface area contributed by atoms with Gasteiger partial charge >= 0.3 is 5.97 Å². The quantitative estimate of drug-likeness (QED) is 0.421. The SMILES string of the molecule is Cc1cccc2cc(C=NNc3ccc(C(=O)O)cc3)c(Cl)nc12. The van der Waals surface area contributed by atoms with Crippen LogP contribution in [-0.4, -0.2) is 22.3 Å². The topological polar surface area (TPSA) is 74.6 Å². The van der Waals surface area contributed by atoms with E-state index in [2.05, 4.69) is 15.5 Å². The third kappa shape index (κ3) is 3.36. The lowest BCUT2D eigenvalue weighted by Gasteiger charge is -2.05. The zero-order valence-corrected chi connectivity index (χ0v) is 13.6. The number of pyridine rings is 1. The minimum atomic E-state index is -0.964. The van der Waals surface area contributed by atoms with Gasteiger partial charge in [0.15, 0.2) is 0 Å². The van der Waals surface area contributed by atoms with Crippen LogP contribution in [0.1, 0.15) is 21.5 Å². The highest BCUT2D eigenvalue weighted by atomic mass is 35.5. The van der Waals surface area contributed by atoms with Crippen LogP contribution >= 0.6 is 11.6 Å². The molecule has 0 unspecified atom stereocenters. The fraction of sp³-hybridized carbons (Fsp3) is 0.0556. The molecule has 3 rings (SSSR count). The van der Waals surface area contributed by atoms with Gasteiger partial charge in [-0.3, -0.25) is 5.43 Å².